The van der Waals surface area contributed by atoms with E-state index in [4.69, 9.17) is 67.5 Å². The van der Waals surface area contributed by atoms with Crippen LogP contribution in [0, 0.1) is 47.3 Å². The molecule has 0 saturated heterocycles. The van der Waals surface area contributed by atoms with Gasteiger partial charge < -0.3 is 101 Å². The summed E-state index contributed by atoms with van der Waals surface area (Å²) in [5.74, 6) is -17.1. The summed E-state index contributed by atoms with van der Waals surface area (Å²) in [5, 5.41) is 34.9. The van der Waals surface area contributed by atoms with E-state index in [-0.39, 0.29) is 179 Å². The lowest BCUT2D eigenvalue weighted by Crippen LogP contribution is -2.50. The first kappa shape index (κ1) is 107. The van der Waals surface area contributed by atoms with E-state index in [9.17, 15) is 63.0 Å². The van der Waals surface area contributed by atoms with Crippen molar-refractivity contribution in [2.24, 2.45) is 102 Å². The number of ketones is 8. The molecule has 4 rings (SSSR count). The Morgan fingerprint density at radius 2 is 0.992 bits per heavy atom. The monoisotopic (exact) mass is 1760 g/mol. The Labute approximate surface area is 725 Å². The molecular formula is C84H128N16O23S. The highest BCUT2D eigenvalue weighted by Gasteiger charge is 2.39. The van der Waals surface area contributed by atoms with E-state index in [1.54, 1.807) is 76.4 Å². The van der Waals surface area contributed by atoms with Crippen molar-refractivity contribution in [3.8, 4) is 0 Å². The summed E-state index contributed by atoms with van der Waals surface area (Å²) in [7, 11) is 0. The van der Waals surface area contributed by atoms with Gasteiger partial charge in [0, 0.05) is 131 Å². The Morgan fingerprint density at radius 1 is 0.508 bits per heavy atom. The fourth-order valence-electron chi connectivity index (χ4n) is 13.7. The third kappa shape index (κ3) is 41.5. The molecule has 39 nitrogen and oxygen atoms in total. The quantitative estimate of drug-likeness (QED) is 0.0116. The lowest BCUT2D eigenvalue weighted by atomic mass is 9.87. The van der Waals surface area contributed by atoms with Gasteiger partial charge >= 0.3 is 17.5 Å². The molecule has 124 heavy (non-hydrogen) atoms. The smallest absolute Gasteiger partial charge is 0.335 e. The maximum absolute atomic E-state index is 15.2. The molecule has 11 atom stereocenters. The summed E-state index contributed by atoms with van der Waals surface area (Å²) in [6.45, 7) is 9.62. The van der Waals surface area contributed by atoms with E-state index in [1.807, 2.05) is 26.0 Å². The zero-order valence-electron chi connectivity index (χ0n) is 71.7. The first-order chi connectivity index (χ1) is 59.0. The summed E-state index contributed by atoms with van der Waals surface area (Å²) in [6.07, 6.45) is -2.34. The number of primary amides is 1. The number of nitrogens with two attached hydrogens (primary N) is 7. The predicted molar refractivity (Wildman–Crippen MR) is 458 cm³/mol. The van der Waals surface area contributed by atoms with Gasteiger partial charge in [-0.2, -0.15) is 8.42 Å². The molecular weight excluding hydrogens is 1630 g/mol. The molecule has 6 amide bonds. The minimum absolute atomic E-state index is 0.00568. The molecule has 0 aliphatic heterocycles. The number of carbonyl (C=O) groups excluding carboxylic acids is 15. The number of nitrogens with one attached hydrogen (secondary N) is 6. The highest BCUT2D eigenvalue weighted by Crippen LogP contribution is 2.27. The standard InChI is InChI=1S/C84H128N16O21.O2S/c1-7-51(6)75(72(110)44-57(47-101)77(85)113)100-79(115)54(19-14-30-93-83(88)89)41-69(107)62(22-15-31-94-84(90)91)97-80(116)55(39-52-16-9-8-10-17-52)43-71(109)63(38-49(2)3)98-78(114)53(18-13-29-92-82(86)87)42-70(108)64(40-56-46-95-61-21-12-11-20-59(56)61)96-73(111)26-25-66(104)65(48-102)99-81(117)60(50(4)5)45-58(103)27-32-118-34-36-120-37-35-119-33-28-74(112)121-76-67(105)23-24-68(76)106;1-3-2/h8-12,16-17,20-21,46,49-51,53-55,57,60,62-65,75-76,95,101-102H,7,13-15,18-19,22-45,47-48H2,1-6H3,(H2,85,113)(H,96,111)(H,97,116)(H,98,114)(H,99,117)(H,100,115)(H4,86,87,92)(H4,88,89,93)(H4,90,91,94);/t51-,53-,54-,55-,57+,60+,62-,63-,64-,65-,75+;/m1./s1. The fourth-order valence-corrected chi connectivity index (χ4v) is 13.7. The van der Waals surface area contributed by atoms with Crippen molar-refractivity contribution in [3.63, 3.8) is 0 Å². The van der Waals surface area contributed by atoms with Gasteiger partial charge in [0.05, 0.1) is 89.4 Å². The number of aliphatic hydroxyl groups is 2. The van der Waals surface area contributed by atoms with Gasteiger partial charge in [-0.05, 0) is 86.3 Å². The number of fused-ring (bicyclic) bond motifs is 1. The van der Waals surface area contributed by atoms with Crippen LogP contribution in [0.25, 0.3) is 10.9 Å². The molecule has 1 aromatic heterocycles. The number of para-hydroxylation sites is 1. The lowest BCUT2D eigenvalue weighted by molar-refractivity contribution is -0.158. The predicted octanol–water partition coefficient (Wildman–Crippen LogP) is -0.0141. The Bertz CT molecular complexity index is 4110. The van der Waals surface area contributed by atoms with Gasteiger partial charge in [-0.25, -0.2) is 0 Å². The molecule has 0 unspecified atom stereocenters. The van der Waals surface area contributed by atoms with Gasteiger partial charge in [-0.3, -0.25) is 86.9 Å². The maximum atomic E-state index is 15.2. The first-order valence-electron chi connectivity index (χ1n) is 41.8. The number of aliphatic hydroxyl groups excluding tert-OH is 2. The largest absolute Gasteiger partial charge is 0.446 e. The third-order valence-electron chi connectivity index (χ3n) is 20.9. The highest BCUT2D eigenvalue weighted by atomic mass is 32.1. The number of aromatic amines is 1. The van der Waals surface area contributed by atoms with E-state index in [2.05, 4.69) is 46.5 Å². The Morgan fingerprint density at radius 3 is 1.52 bits per heavy atom. The SMILES string of the molecule is CC[C@@H](C)[C@H](NC(=O)[C@H](CCCN=C(N)N)CC(=O)[C@@H](CCCN=C(N)N)NC(=O)[C@@H](CC(=O)[C@@H](CC(C)C)NC(=O)[C@H](CCCN=C(N)N)CC(=O)[C@@H](Cc1c[nH]c2ccccc12)NC(=O)CCC(=O)[C@@H](CO)NC(=O)[C@@H](CC(=O)CCOCCOCCOCCC(=O)OC1C(=O)CCC1=O)C(C)C)Cc1ccccc1)C(=O)C[C@@H](CO)C(N)=O.O=S=O. The van der Waals surface area contributed by atoms with Crippen molar-refractivity contribution in [2.75, 3.05) is 72.5 Å². The van der Waals surface area contributed by atoms with Gasteiger partial charge in [0.2, 0.25) is 41.5 Å². The summed E-state index contributed by atoms with van der Waals surface area (Å²) < 4.78 is 37.9. The number of guanidine groups is 3. The number of nitrogens with zero attached hydrogens (tertiary/aromatic N) is 3. The number of esters is 1. The first-order valence-corrected chi connectivity index (χ1v) is 42.5. The number of H-pyrrole nitrogens is 1. The van der Waals surface area contributed by atoms with Gasteiger partial charge in [-0.15, -0.1) is 0 Å². The number of carbonyl (C=O) groups is 15. The Hall–Kier alpha value is -10.9. The van der Waals surface area contributed by atoms with Crippen LogP contribution >= 0.6 is 0 Å². The van der Waals surface area contributed by atoms with E-state index in [1.165, 1.54) is 0 Å². The normalized spacial score (nSPS) is 14.7. The molecule has 688 valence electrons. The minimum Gasteiger partial charge on any atom is -0.446 e. The van der Waals surface area contributed by atoms with Gasteiger partial charge in [0.25, 0.3) is 0 Å². The number of ether oxygens (including phenoxy) is 4. The van der Waals surface area contributed by atoms with Crippen molar-refractivity contribution < 1.29 is 109 Å². The number of hydrogen-bond donors (Lipinski definition) is 15. The molecule has 1 saturated carbocycles. The van der Waals surface area contributed by atoms with Crippen LogP contribution in [0.2, 0.25) is 0 Å². The number of hydrogen-bond acceptors (Lipinski definition) is 26. The lowest BCUT2D eigenvalue weighted by Gasteiger charge is -2.28. The van der Waals surface area contributed by atoms with Crippen molar-refractivity contribution in [1.29, 1.82) is 0 Å². The molecule has 0 bridgehead atoms. The van der Waals surface area contributed by atoms with E-state index in [0.29, 0.717) is 28.5 Å². The molecule has 1 aliphatic carbocycles. The summed E-state index contributed by atoms with van der Waals surface area (Å²) in [5.41, 5.74) is 41.3. The van der Waals surface area contributed by atoms with E-state index >= 15 is 19.2 Å². The van der Waals surface area contributed by atoms with Crippen LogP contribution in [0.4, 0.5) is 0 Å². The van der Waals surface area contributed by atoms with Gasteiger partial charge in [0.15, 0.2) is 58.4 Å². The molecule has 22 N–H and O–H groups in total. The van der Waals surface area contributed by atoms with Crippen LogP contribution in [0.15, 0.2) is 75.8 Å². The zero-order chi connectivity index (χ0) is 92.4. The van der Waals surface area contributed by atoms with Crippen LogP contribution < -0.4 is 66.7 Å². The fraction of sp³-hybridized carbons (Fsp3) is 0.619. The second-order valence-electron chi connectivity index (χ2n) is 31.4. The van der Waals surface area contributed by atoms with Crippen LogP contribution in [-0.2, 0) is 115 Å². The van der Waals surface area contributed by atoms with Crippen LogP contribution in [0.5, 0.6) is 0 Å². The second kappa shape index (κ2) is 59.0. The van der Waals surface area contributed by atoms with Crippen LogP contribution in [0.3, 0.4) is 0 Å². The second-order valence-corrected chi connectivity index (χ2v) is 31.5. The highest BCUT2D eigenvalue weighted by molar-refractivity contribution is 7.51. The van der Waals surface area contributed by atoms with Gasteiger partial charge in [-0.1, -0.05) is 96.5 Å². The molecule has 1 fully saturated rings. The van der Waals surface area contributed by atoms with Crippen molar-refractivity contribution >= 4 is 128 Å². The maximum Gasteiger partial charge on any atom is 0.335 e. The Kier molecular flexibility index (Phi) is 51.0. The minimum atomic E-state index is -1.49. The average molecular weight is 1760 g/mol. The van der Waals surface area contributed by atoms with Crippen molar-refractivity contribution in [2.45, 2.75) is 213 Å². The zero-order valence-corrected chi connectivity index (χ0v) is 72.6. The molecule has 0 radical (unpaired) electrons. The molecule has 1 heterocycles. The molecule has 0 spiro atoms. The van der Waals surface area contributed by atoms with Crippen molar-refractivity contribution in [3.05, 3.63) is 71.9 Å². The number of amides is 6. The summed E-state index contributed by atoms with van der Waals surface area (Å²) >= 11 is -0.750. The Balaban J connectivity index is 0.0000130. The number of aliphatic imine (C=N–C) groups is 3. The van der Waals surface area contributed by atoms with E-state index in [0.717, 1.165) is 0 Å². The van der Waals surface area contributed by atoms with E-state index < -0.39 is 223 Å². The molecule has 40 heteroatoms. The molecule has 2 aromatic carbocycles. The van der Waals surface area contributed by atoms with Crippen LogP contribution in [0.1, 0.15) is 175 Å². The average Bonchev–Trinajstić information content (AvgIpc) is 1.66. The topological polar surface area (TPSA) is 663 Å². The summed E-state index contributed by atoms with van der Waals surface area (Å²) in [4.78, 5) is 221. The van der Waals surface area contributed by atoms with Gasteiger partial charge in [0.1, 0.15) is 11.8 Å². The number of benzene rings is 2. The molecule has 1 aliphatic rings. The number of aromatic nitrogens is 1. The van der Waals surface area contributed by atoms with Crippen LogP contribution in [-0.4, -0.2) is 238 Å². The number of Topliss-reactive ketones (excluding diaryl/α,β-unsaturated/α-hetero) is 8. The third-order valence-corrected chi connectivity index (χ3v) is 20.9. The summed E-state index contributed by atoms with van der Waals surface area (Å²) in [6, 6.07) is 9.34. The van der Waals surface area contributed by atoms with Crippen molar-refractivity contribution in [1.82, 2.24) is 31.6 Å². The molecule has 3 aromatic rings. The number of rotatable bonds is 64.